The first kappa shape index (κ1) is 13.2. The van der Waals surface area contributed by atoms with Crippen molar-refractivity contribution in [2.75, 3.05) is 6.54 Å². The number of hydrogen-bond acceptors (Lipinski definition) is 3. The fraction of sp³-hybridized carbons (Fsp3) is 1.00. The lowest BCUT2D eigenvalue weighted by Crippen LogP contribution is -1.96. The molecular weight excluding hydrogens is 138 g/mol. The summed E-state index contributed by atoms with van der Waals surface area (Å²) in [5.41, 5.74) is 11.5. The summed E-state index contributed by atoms with van der Waals surface area (Å²) in [7, 11) is 0. The van der Waals surface area contributed by atoms with Crippen LogP contribution in [0.5, 0.6) is 0 Å². The second-order valence-electron chi connectivity index (χ2n) is 2.72. The van der Waals surface area contributed by atoms with Crippen molar-refractivity contribution in [2.45, 2.75) is 46.1 Å². The van der Waals surface area contributed by atoms with Gasteiger partial charge in [-0.25, -0.2) is 5.53 Å². The molecule has 0 aromatic heterocycles. The average Bonchev–Trinajstić information content (AvgIpc) is 2.02. The summed E-state index contributed by atoms with van der Waals surface area (Å²) in [5.74, 6) is 0. The van der Waals surface area contributed by atoms with Crippen LogP contribution < -0.4 is 5.73 Å². The van der Waals surface area contributed by atoms with E-state index >= 15 is 0 Å². The van der Waals surface area contributed by atoms with Crippen molar-refractivity contribution in [1.29, 1.82) is 5.53 Å². The predicted octanol–water partition coefficient (Wildman–Crippen LogP) is 2.56. The van der Waals surface area contributed by atoms with Gasteiger partial charge in [-0.1, -0.05) is 19.8 Å². The lowest BCUT2D eigenvalue weighted by Gasteiger charge is -1.86. The van der Waals surface area contributed by atoms with Gasteiger partial charge >= 0.3 is 0 Å². The normalized spacial score (nSPS) is 8.82. The van der Waals surface area contributed by atoms with Gasteiger partial charge in [-0.2, -0.15) is 5.11 Å². The first-order chi connectivity index (χ1) is 5.18. The fourth-order valence-corrected chi connectivity index (χ4v) is 0.394. The number of nitrogens with two attached hydrogens (primary N) is 1. The summed E-state index contributed by atoms with van der Waals surface area (Å²) >= 11 is 0. The SMILES string of the molecule is CC(C)N=N.CCCCCN. The van der Waals surface area contributed by atoms with Gasteiger partial charge in [-0.3, -0.25) is 0 Å². The number of nitrogens with zero attached hydrogens (tertiary/aromatic N) is 1. The molecule has 0 unspecified atom stereocenters. The molecule has 0 amide bonds. The number of nitrogens with one attached hydrogen (secondary N) is 1. The standard InChI is InChI=1S/C5H13N.C3H8N2/c1-2-3-4-5-6;1-3(2)5-4/h2-6H2,1H3;3-4H,1-2H3. The van der Waals surface area contributed by atoms with Gasteiger partial charge < -0.3 is 5.73 Å². The van der Waals surface area contributed by atoms with Crippen LogP contribution in [-0.2, 0) is 0 Å². The van der Waals surface area contributed by atoms with Crippen LogP contribution in [0.2, 0.25) is 0 Å². The Labute approximate surface area is 69.9 Å². The molecule has 0 rings (SSSR count). The Hall–Kier alpha value is -0.440. The highest BCUT2D eigenvalue weighted by Crippen LogP contribution is 1.88. The van der Waals surface area contributed by atoms with E-state index < -0.39 is 0 Å². The van der Waals surface area contributed by atoms with E-state index in [2.05, 4.69) is 12.0 Å². The zero-order chi connectivity index (χ0) is 9.11. The molecule has 0 saturated carbocycles. The van der Waals surface area contributed by atoms with Crippen LogP contribution in [0.1, 0.15) is 40.0 Å². The number of unbranched alkanes of at least 4 members (excludes halogenated alkanes) is 2. The highest BCUT2D eigenvalue weighted by Gasteiger charge is 1.76. The molecule has 3 heteroatoms. The van der Waals surface area contributed by atoms with Gasteiger partial charge in [0.15, 0.2) is 0 Å². The average molecular weight is 159 g/mol. The minimum atomic E-state index is 0.176. The Morgan fingerprint density at radius 2 is 1.82 bits per heavy atom. The largest absolute Gasteiger partial charge is 0.330 e. The molecule has 0 fully saturated rings. The van der Waals surface area contributed by atoms with E-state index in [0.29, 0.717) is 0 Å². The van der Waals surface area contributed by atoms with Crippen LogP contribution in [0.4, 0.5) is 0 Å². The van der Waals surface area contributed by atoms with Crippen LogP contribution in [0.25, 0.3) is 0 Å². The molecule has 11 heavy (non-hydrogen) atoms. The van der Waals surface area contributed by atoms with Crippen molar-refractivity contribution in [1.82, 2.24) is 0 Å². The molecule has 0 bridgehead atoms. The van der Waals surface area contributed by atoms with Gasteiger partial charge in [-0.15, -0.1) is 0 Å². The number of hydrogen-bond donors (Lipinski definition) is 2. The molecule has 3 nitrogen and oxygen atoms in total. The minimum Gasteiger partial charge on any atom is -0.330 e. The van der Waals surface area contributed by atoms with Crippen molar-refractivity contribution in [3.63, 3.8) is 0 Å². The summed E-state index contributed by atoms with van der Waals surface area (Å²) in [6, 6.07) is 0.176. The zero-order valence-corrected chi connectivity index (χ0v) is 7.93. The highest BCUT2D eigenvalue weighted by molar-refractivity contribution is 4.37. The van der Waals surface area contributed by atoms with E-state index in [1.165, 1.54) is 19.3 Å². The Morgan fingerprint density at radius 3 is 1.91 bits per heavy atom. The van der Waals surface area contributed by atoms with Crippen LogP contribution in [0, 0.1) is 5.53 Å². The molecule has 0 aliphatic carbocycles. The third-order valence-electron chi connectivity index (χ3n) is 1.07. The molecular formula is C8H21N3. The van der Waals surface area contributed by atoms with E-state index in [1.54, 1.807) is 0 Å². The van der Waals surface area contributed by atoms with Crippen molar-refractivity contribution in [3.8, 4) is 0 Å². The fourth-order valence-electron chi connectivity index (χ4n) is 0.394. The first-order valence-corrected chi connectivity index (χ1v) is 4.25. The summed E-state index contributed by atoms with van der Waals surface area (Å²) in [5, 5.41) is 3.14. The van der Waals surface area contributed by atoms with Crippen LogP contribution >= 0.6 is 0 Å². The summed E-state index contributed by atoms with van der Waals surface area (Å²) < 4.78 is 0. The molecule has 0 atom stereocenters. The molecule has 0 aliphatic heterocycles. The topological polar surface area (TPSA) is 62.2 Å². The smallest absolute Gasteiger partial charge is 0.0649 e. The van der Waals surface area contributed by atoms with Crippen LogP contribution in [0.3, 0.4) is 0 Å². The predicted molar refractivity (Wildman–Crippen MR) is 48.9 cm³/mol. The molecule has 0 spiro atoms. The van der Waals surface area contributed by atoms with Gasteiger partial charge in [0.25, 0.3) is 0 Å². The molecule has 0 aromatic rings. The molecule has 0 aliphatic rings. The third-order valence-corrected chi connectivity index (χ3v) is 1.07. The minimum absolute atomic E-state index is 0.176. The van der Waals surface area contributed by atoms with E-state index in [1.807, 2.05) is 13.8 Å². The maximum atomic E-state index is 6.28. The lowest BCUT2D eigenvalue weighted by atomic mass is 10.3. The van der Waals surface area contributed by atoms with Crippen LogP contribution in [-0.4, -0.2) is 12.6 Å². The third kappa shape index (κ3) is 26.3. The molecule has 0 radical (unpaired) electrons. The Balaban J connectivity index is 0. The van der Waals surface area contributed by atoms with Crippen LogP contribution in [0.15, 0.2) is 5.11 Å². The Kier molecular flexibility index (Phi) is 14.7. The Morgan fingerprint density at radius 1 is 1.36 bits per heavy atom. The second-order valence-corrected chi connectivity index (χ2v) is 2.72. The second kappa shape index (κ2) is 12.3. The van der Waals surface area contributed by atoms with Crippen molar-refractivity contribution < 1.29 is 0 Å². The van der Waals surface area contributed by atoms with Gasteiger partial charge in [0, 0.05) is 0 Å². The summed E-state index contributed by atoms with van der Waals surface area (Å²) in [6.45, 7) is 6.77. The molecule has 3 N–H and O–H groups in total. The van der Waals surface area contributed by atoms with Gasteiger partial charge in [-0.05, 0) is 26.8 Å². The molecule has 68 valence electrons. The number of rotatable bonds is 4. The van der Waals surface area contributed by atoms with Crippen molar-refractivity contribution >= 4 is 0 Å². The van der Waals surface area contributed by atoms with Crippen molar-refractivity contribution in [2.24, 2.45) is 10.8 Å². The first-order valence-electron chi connectivity index (χ1n) is 4.25. The lowest BCUT2D eigenvalue weighted by molar-refractivity contribution is 0.727. The maximum absolute atomic E-state index is 6.28. The van der Waals surface area contributed by atoms with E-state index in [4.69, 9.17) is 11.3 Å². The van der Waals surface area contributed by atoms with Crippen molar-refractivity contribution in [3.05, 3.63) is 0 Å². The molecule has 0 aromatic carbocycles. The van der Waals surface area contributed by atoms with E-state index in [0.717, 1.165) is 6.54 Å². The van der Waals surface area contributed by atoms with E-state index in [9.17, 15) is 0 Å². The maximum Gasteiger partial charge on any atom is 0.0649 e. The highest BCUT2D eigenvalue weighted by atomic mass is 15.0. The molecule has 0 heterocycles. The monoisotopic (exact) mass is 159 g/mol. The van der Waals surface area contributed by atoms with Gasteiger partial charge in [0.05, 0.1) is 6.04 Å². The Bertz CT molecular complexity index is 67.7. The molecule has 0 saturated heterocycles. The summed E-state index contributed by atoms with van der Waals surface area (Å²) in [4.78, 5) is 0. The summed E-state index contributed by atoms with van der Waals surface area (Å²) in [6.07, 6.45) is 3.75. The quantitative estimate of drug-likeness (QED) is 0.480. The van der Waals surface area contributed by atoms with Gasteiger partial charge in [0.1, 0.15) is 0 Å². The van der Waals surface area contributed by atoms with E-state index in [-0.39, 0.29) is 6.04 Å². The van der Waals surface area contributed by atoms with Gasteiger partial charge in [0.2, 0.25) is 0 Å². The zero-order valence-electron chi connectivity index (χ0n) is 7.93.